The Morgan fingerprint density at radius 1 is 0.290 bits per heavy atom. The van der Waals surface area contributed by atoms with E-state index in [0.29, 0.717) is 0 Å². The van der Waals surface area contributed by atoms with Crippen LogP contribution in [-0.4, -0.2) is 0 Å². The average molecular weight is 788 g/mol. The summed E-state index contributed by atoms with van der Waals surface area (Å²) >= 11 is 0. The van der Waals surface area contributed by atoms with E-state index in [1.807, 2.05) is 0 Å². The van der Waals surface area contributed by atoms with Crippen molar-refractivity contribution in [1.29, 1.82) is 0 Å². The highest BCUT2D eigenvalue weighted by Crippen LogP contribution is 2.59. The van der Waals surface area contributed by atoms with Crippen LogP contribution in [0.4, 0.5) is 17.1 Å². The molecule has 290 valence electrons. The summed E-state index contributed by atoms with van der Waals surface area (Å²) in [6, 6.07) is 91.7. The number of hydrogen-bond acceptors (Lipinski definition) is 1. The van der Waals surface area contributed by atoms with Gasteiger partial charge in [0.15, 0.2) is 0 Å². The lowest BCUT2D eigenvalue weighted by Gasteiger charge is -2.34. The minimum Gasteiger partial charge on any atom is -0.310 e. The van der Waals surface area contributed by atoms with Gasteiger partial charge in [-0.25, -0.2) is 0 Å². The summed E-state index contributed by atoms with van der Waals surface area (Å²) in [7, 11) is 0. The van der Waals surface area contributed by atoms with E-state index in [1.165, 1.54) is 88.0 Å². The van der Waals surface area contributed by atoms with E-state index < -0.39 is 5.41 Å². The predicted octanol–water partition coefficient (Wildman–Crippen LogP) is 16.3. The monoisotopic (exact) mass is 787 g/mol. The molecule has 1 aliphatic rings. The van der Waals surface area contributed by atoms with Crippen molar-refractivity contribution in [2.45, 2.75) is 5.41 Å². The van der Waals surface area contributed by atoms with Crippen LogP contribution in [0.5, 0.6) is 0 Å². The van der Waals surface area contributed by atoms with Crippen LogP contribution >= 0.6 is 0 Å². The molecule has 1 nitrogen and oxygen atoms in total. The number of benzene rings is 11. The zero-order chi connectivity index (χ0) is 41.0. The second-order valence-corrected chi connectivity index (χ2v) is 16.4. The molecule has 0 saturated carbocycles. The van der Waals surface area contributed by atoms with Crippen LogP contribution in [0.3, 0.4) is 0 Å². The summed E-state index contributed by atoms with van der Waals surface area (Å²) in [6.07, 6.45) is 0. The van der Waals surface area contributed by atoms with Crippen LogP contribution in [0, 0.1) is 0 Å². The Morgan fingerprint density at radius 2 is 0.790 bits per heavy atom. The second-order valence-electron chi connectivity index (χ2n) is 16.4. The molecule has 62 heavy (non-hydrogen) atoms. The second kappa shape index (κ2) is 14.6. The van der Waals surface area contributed by atoms with Crippen LogP contribution in [0.25, 0.3) is 65.7 Å². The molecule has 1 heteroatoms. The van der Waals surface area contributed by atoms with Gasteiger partial charge in [0, 0.05) is 16.9 Å². The molecule has 11 aromatic rings. The SMILES string of the molecule is c1ccc(C2(c3ccccc3)c3ccccc3-c3c(N(c4cccc(-c5cccc6ccccc56)c4)c4cccc(-c5cc6ccccc6c6ccccc56)c4)cccc32)cc1. The van der Waals surface area contributed by atoms with Crippen molar-refractivity contribution in [3.8, 4) is 33.4 Å². The molecule has 0 heterocycles. The van der Waals surface area contributed by atoms with Crippen molar-refractivity contribution in [2.24, 2.45) is 0 Å². The average Bonchev–Trinajstić information content (AvgIpc) is 3.66. The highest BCUT2D eigenvalue weighted by molar-refractivity contribution is 6.14. The molecule has 12 rings (SSSR count). The molecule has 0 aromatic heterocycles. The van der Waals surface area contributed by atoms with Gasteiger partial charge in [-0.2, -0.15) is 0 Å². The third-order valence-corrected chi connectivity index (χ3v) is 13.1. The fourth-order valence-electron chi connectivity index (χ4n) is 10.5. The number of nitrogens with zero attached hydrogens (tertiary/aromatic N) is 1. The zero-order valence-electron chi connectivity index (χ0n) is 34.1. The van der Waals surface area contributed by atoms with E-state index in [1.54, 1.807) is 0 Å². The van der Waals surface area contributed by atoms with Gasteiger partial charge in [-0.05, 0) is 119 Å². The van der Waals surface area contributed by atoms with Crippen LogP contribution in [0.1, 0.15) is 22.3 Å². The summed E-state index contributed by atoms with van der Waals surface area (Å²) in [4.78, 5) is 2.50. The first-order valence-corrected chi connectivity index (χ1v) is 21.5. The fraction of sp³-hybridized carbons (Fsp3) is 0.0164. The molecule has 1 aliphatic carbocycles. The first-order valence-electron chi connectivity index (χ1n) is 21.5. The lowest BCUT2D eigenvalue weighted by atomic mass is 9.68. The van der Waals surface area contributed by atoms with Crippen molar-refractivity contribution in [3.05, 3.63) is 271 Å². The van der Waals surface area contributed by atoms with E-state index in [2.05, 4.69) is 254 Å². The van der Waals surface area contributed by atoms with Gasteiger partial charge in [0.2, 0.25) is 0 Å². The zero-order valence-corrected chi connectivity index (χ0v) is 34.1. The van der Waals surface area contributed by atoms with Crippen molar-refractivity contribution >= 4 is 49.4 Å². The van der Waals surface area contributed by atoms with Crippen LogP contribution in [0.2, 0.25) is 0 Å². The summed E-state index contributed by atoms with van der Waals surface area (Å²) < 4.78 is 0. The topological polar surface area (TPSA) is 3.24 Å². The van der Waals surface area contributed by atoms with Crippen molar-refractivity contribution < 1.29 is 0 Å². The molecule has 0 N–H and O–H groups in total. The first kappa shape index (κ1) is 35.9. The molecule has 0 unspecified atom stereocenters. The number of anilines is 3. The van der Waals surface area contributed by atoms with E-state index in [-0.39, 0.29) is 0 Å². The lowest BCUT2D eigenvalue weighted by molar-refractivity contribution is 0.768. The number of fused-ring (bicyclic) bond motifs is 7. The quantitative estimate of drug-likeness (QED) is 0.145. The largest absolute Gasteiger partial charge is 0.310 e. The lowest BCUT2D eigenvalue weighted by Crippen LogP contribution is -2.28. The molecule has 0 bridgehead atoms. The van der Waals surface area contributed by atoms with Gasteiger partial charge in [0.1, 0.15) is 0 Å². The van der Waals surface area contributed by atoms with Gasteiger partial charge in [-0.3, -0.25) is 0 Å². The Bertz CT molecular complexity index is 3430. The summed E-state index contributed by atoms with van der Waals surface area (Å²) in [5.74, 6) is 0. The van der Waals surface area contributed by atoms with Crippen molar-refractivity contribution in [2.75, 3.05) is 4.90 Å². The Balaban J connectivity index is 1.14. The van der Waals surface area contributed by atoms with Gasteiger partial charge in [-0.1, -0.05) is 212 Å². The molecule has 0 atom stereocenters. The summed E-state index contributed by atoms with van der Waals surface area (Å²) in [5, 5.41) is 7.50. The van der Waals surface area contributed by atoms with Crippen LogP contribution < -0.4 is 4.90 Å². The minimum absolute atomic E-state index is 0.521. The van der Waals surface area contributed by atoms with Crippen LogP contribution in [0.15, 0.2) is 249 Å². The molecule has 0 aliphatic heterocycles. The van der Waals surface area contributed by atoms with E-state index in [0.717, 1.165) is 17.1 Å². The Kier molecular flexibility index (Phi) is 8.47. The Morgan fingerprint density at radius 3 is 1.52 bits per heavy atom. The maximum atomic E-state index is 2.50. The van der Waals surface area contributed by atoms with E-state index in [9.17, 15) is 0 Å². The molecular formula is C61H41N. The van der Waals surface area contributed by atoms with Gasteiger partial charge in [0.05, 0.1) is 11.1 Å². The number of rotatable bonds is 7. The molecule has 0 saturated heterocycles. The Hall–Kier alpha value is -8.00. The van der Waals surface area contributed by atoms with Gasteiger partial charge in [0.25, 0.3) is 0 Å². The molecule has 0 fully saturated rings. The normalized spacial score (nSPS) is 12.6. The maximum Gasteiger partial charge on any atom is 0.0714 e. The highest BCUT2D eigenvalue weighted by Gasteiger charge is 2.47. The third kappa shape index (κ3) is 5.56. The van der Waals surface area contributed by atoms with Gasteiger partial charge >= 0.3 is 0 Å². The molecule has 0 amide bonds. The molecule has 0 spiro atoms. The third-order valence-electron chi connectivity index (χ3n) is 13.1. The molecule has 0 radical (unpaired) electrons. The standard InChI is InChI=1S/C61H41N/c1-3-24-46(25-4-1)61(47-26-5-2-6-27-47)57-36-14-13-34-55(57)60-58(61)37-18-38-59(60)62(48-28-15-22-43(39-48)51-35-17-21-42-19-7-9-30-50(42)51)49-29-16-23-44(40-49)56-41-45-20-8-10-31-52(45)53-32-11-12-33-54(53)56/h1-41H. The number of hydrogen-bond donors (Lipinski definition) is 0. The summed E-state index contributed by atoms with van der Waals surface area (Å²) in [5.41, 5.74) is 15.2. The predicted molar refractivity (Wildman–Crippen MR) is 262 cm³/mol. The van der Waals surface area contributed by atoms with Crippen molar-refractivity contribution in [3.63, 3.8) is 0 Å². The maximum absolute atomic E-state index is 2.50. The van der Waals surface area contributed by atoms with Crippen molar-refractivity contribution in [1.82, 2.24) is 0 Å². The van der Waals surface area contributed by atoms with E-state index in [4.69, 9.17) is 0 Å². The van der Waals surface area contributed by atoms with Gasteiger partial charge < -0.3 is 4.90 Å². The first-order chi connectivity index (χ1) is 30.8. The Labute approximate surface area is 362 Å². The highest BCUT2D eigenvalue weighted by atomic mass is 15.1. The van der Waals surface area contributed by atoms with Crippen LogP contribution in [-0.2, 0) is 5.41 Å². The summed E-state index contributed by atoms with van der Waals surface area (Å²) in [6.45, 7) is 0. The fourth-order valence-corrected chi connectivity index (χ4v) is 10.5. The minimum atomic E-state index is -0.521. The molecular weight excluding hydrogens is 747 g/mol. The van der Waals surface area contributed by atoms with Gasteiger partial charge in [-0.15, -0.1) is 0 Å². The molecule has 11 aromatic carbocycles. The smallest absolute Gasteiger partial charge is 0.0714 e. The van der Waals surface area contributed by atoms with E-state index >= 15 is 0 Å².